The standard InChI is InChI=1S/C16H23NO2/c1-11(17-15(18)19-16(2,3)4)13-6-5-7-14(10-13)12-8-9-12/h5-7,10-12H,8-9H2,1-4H3,(H,17,18). The molecule has 1 aliphatic rings. The van der Waals surface area contributed by atoms with Crippen LogP contribution in [0.25, 0.3) is 0 Å². The van der Waals surface area contributed by atoms with Crippen molar-refractivity contribution in [3.63, 3.8) is 0 Å². The van der Waals surface area contributed by atoms with Gasteiger partial charge in [0.15, 0.2) is 0 Å². The third kappa shape index (κ3) is 4.27. The first-order valence-electron chi connectivity index (χ1n) is 6.94. The number of alkyl carbamates (subject to hydrolysis) is 1. The Kier molecular flexibility index (Phi) is 3.83. The van der Waals surface area contributed by atoms with Crippen molar-refractivity contribution in [3.8, 4) is 0 Å². The van der Waals surface area contributed by atoms with Gasteiger partial charge >= 0.3 is 6.09 Å². The number of carbonyl (C=O) groups is 1. The molecule has 0 radical (unpaired) electrons. The molecule has 2 rings (SSSR count). The molecule has 3 nitrogen and oxygen atoms in total. The molecule has 1 aliphatic carbocycles. The van der Waals surface area contributed by atoms with Crippen molar-refractivity contribution in [2.24, 2.45) is 0 Å². The second kappa shape index (κ2) is 5.24. The van der Waals surface area contributed by atoms with E-state index >= 15 is 0 Å². The van der Waals surface area contributed by atoms with E-state index in [2.05, 4.69) is 23.5 Å². The van der Waals surface area contributed by atoms with Crippen molar-refractivity contribution < 1.29 is 9.53 Å². The lowest BCUT2D eigenvalue weighted by atomic mass is 10.0. The van der Waals surface area contributed by atoms with Gasteiger partial charge < -0.3 is 10.1 Å². The second-order valence-corrected chi connectivity index (χ2v) is 6.31. The quantitative estimate of drug-likeness (QED) is 0.887. The Morgan fingerprint density at radius 1 is 1.37 bits per heavy atom. The van der Waals surface area contributed by atoms with E-state index in [9.17, 15) is 4.79 Å². The average molecular weight is 261 g/mol. The van der Waals surface area contributed by atoms with Gasteiger partial charge in [-0.1, -0.05) is 24.3 Å². The number of hydrogen-bond donors (Lipinski definition) is 1. The molecule has 1 atom stereocenters. The lowest BCUT2D eigenvalue weighted by Crippen LogP contribution is -2.34. The highest BCUT2D eigenvalue weighted by molar-refractivity contribution is 5.68. The molecule has 1 aromatic rings. The van der Waals surface area contributed by atoms with Crippen LogP contribution in [0.15, 0.2) is 24.3 Å². The molecule has 1 N–H and O–H groups in total. The molecule has 0 aliphatic heterocycles. The number of ether oxygens (including phenoxy) is 1. The fourth-order valence-electron chi connectivity index (χ4n) is 2.07. The molecule has 1 unspecified atom stereocenters. The van der Waals surface area contributed by atoms with Crippen molar-refractivity contribution in [2.45, 2.75) is 58.1 Å². The maximum absolute atomic E-state index is 11.7. The molecule has 104 valence electrons. The maximum atomic E-state index is 11.7. The Hall–Kier alpha value is -1.51. The number of hydrogen-bond acceptors (Lipinski definition) is 2. The summed E-state index contributed by atoms with van der Waals surface area (Å²) in [6.07, 6.45) is 2.21. The summed E-state index contributed by atoms with van der Waals surface area (Å²) in [6.45, 7) is 7.58. The summed E-state index contributed by atoms with van der Waals surface area (Å²) in [5, 5.41) is 2.88. The van der Waals surface area contributed by atoms with E-state index in [4.69, 9.17) is 4.74 Å². The molecule has 19 heavy (non-hydrogen) atoms. The van der Waals surface area contributed by atoms with Crippen molar-refractivity contribution in [2.75, 3.05) is 0 Å². The van der Waals surface area contributed by atoms with Gasteiger partial charge in [0.05, 0.1) is 6.04 Å². The minimum Gasteiger partial charge on any atom is -0.444 e. The highest BCUT2D eigenvalue weighted by atomic mass is 16.6. The summed E-state index contributed by atoms with van der Waals surface area (Å²) in [5.41, 5.74) is 2.06. The lowest BCUT2D eigenvalue weighted by molar-refractivity contribution is 0.0508. The van der Waals surface area contributed by atoms with Crippen molar-refractivity contribution in [1.29, 1.82) is 0 Å². The Morgan fingerprint density at radius 2 is 2.05 bits per heavy atom. The van der Waals surface area contributed by atoms with Crippen molar-refractivity contribution in [3.05, 3.63) is 35.4 Å². The second-order valence-electron chi connectivity index (χ2n) is 6.31. The van der Waals surface area contributed by atoms with Crippen LogP contribution in [0.1, 0.15) is 63.6 Å². The van der Waals surface area contributed by atoms with Gasteiger partial charge in [0, 0.05) is 0 Å². The summed E-state index contributed by atoms with van der Waals surface area (Å²) < 4.78 is 5.27. The molecule has 1 fully saturated rings. The van der Waals surface area contributed by atoms with Crippen LogP contribution in [0.2, 0.25) is 0 Å². The number of benzene rings is 1. The average Bonchev–Trinajstić information content (AvgIpc) is 3.10. The Bertz CT molecular complexity index is 458. The highest BCUT2D eigenvalue weighted by Crippen LogP contribution is 2.40. The number of carbonyl (C=O) groups excluding carboxylic acids is 1. The summed E-state index contributed by atoms with van der Waals surface area (Å²) >= 11 is 0. The van der Waals surface area contributed by atoms with Crippen LogP contribution in [0, 0.1) is 0 Å². The topological polar surface area (TPSA) is 38.3 Å². The first kappa shape index (κ1) is 13.9. The predicted molar refractivity (Wildman–Crippen MR) is 76.2 cm³/mol. The van der Waals surface area contributed by atoms with Gasteiger partial charge in [-0.15, -0.1) is 0 Å². The molecular weight excluding hydrogens is 238 g/mol. The van der Waals surface area contributed by atoms with Crippen LogP contribution < -0.4 is 5.32 Å². The summed E-state index contributed by atoms with van der Waals surface area (Å²) in [6, 6.07) is 8.44. The van der Waals surface area contributed by atoms with E-state index < -0.39 is 5.60 Å². The summed E-state index contributed by atoms with van der Waals surface area (Å²) in [7, 11) is 0. The summed E-state index contributed by atoms with van der Waals surface area (Å²) in [4.78, 5) is 11.7. The van der Waals surface area contributed by atoms with Crippen LogP contribution in [-0.2, 0) is 4.74 Å². The number of amides is 1. The number of nitrogens with one attached hydrogen (secondary N) is 1. The molecule has 0 saturated heterocycles. The number of rotatable bonds is 3. The third-order valence-corrected chi connectivity index (χ3v) is 3.19. The summed E-state index contributed by atoms with van der Waals surface area (Å²) in [5.74, 6) is 0.730. The molecule has 0 heterocycles. The molecular formula is C16H23NO2. The first-order valence-corrected chi connectivity index (χ1v) is 6.94. The van der Waals surface area contributed by atoms with E-state index in [0.717, 1.165) is 11.5 Å². The zero-order valence-corrected chi connectivity index (χ0v) is 12.2. The van der Waals surface area contributed by atoms with E-state index in [1.54, 1.807) is 0 Å². The normalized spacial score (nSPS) is 16.8. The zero-order valence-electron chi connectivity index (χ0n) is 12.2. The van der Waals surface area contributed by atoms with Gasteiger partial charge in [0.25, 0.3) is 0 Å². The molecule has 1 amide bonds. The monoisotopic (exact) mass is 261 g/mol. The first-order chi connectivity index (χ1) is 8.85. The minimum atomic E-state index is -0.459. The van der Waals surface area contributed by atoms with Crippen LogP contribution in [0.3, 0.4) is 0 Å². The Morgan fingerprint density at radius 3 is 2.63 bits per heavy atom. The Labute approximate surface area is 115 Å². The van der Waals surface area contributed by atoms with E-state index in [1.165, 1.54) is 18.4 Å². The molecule has 0 spiro atoms. The molecule has 0 aromatic heterocycles. The van der Waals surface area contributed by atoms with Crippen LogP contribution in [0.4, 0.5) is 4.79 Å². The van der Waals surface area contributed by atoms with Crippen molar-refractivity contribution in [1.82, 2.24) is 5.32 Å². The Balaban J connectivity index is 1.97. The lowest BCUT2D eigenvalue weighted by Gasteiger charge is -2.22. The largest absolute Gasteiger partial charge is 0.444 e. The minimum absolute atomic E-state index is 0.0338. The highest BCUT2D eigenvalue weighted by Gasteiger charge is 2.24. The fourth-order valence-corrected chi connectivity index (χ4v) is 2.07. The van der Waals surface area contributed by atoms with Crippen LogP contribution in [-0.4, -0.2) is 11.7 Å². The van der Waals surface area contributed by atoms with Gasteiger partial charge in [-0.05, 0) is 57.6 Å². The van der Waals surface area contributed by atoms with Gasteiger partial charge in [-0.2, -0.15) is 0 Å². The maximum Gasteiger partial charge on any atom is 0.408 e. The fraction of sp³-hybridized carbons (Fsp3) is 0.562. The molecule has 0 bridgehead atoms. The SMILES string of the molecule is CC(NC(=O)OC(C)(C)C)c1cccc(C2CC2)c1. The smallest absolute Gasteiger partial charge is 0.408 e. The predicted octanol–water partition coefficient (Wildman–Crippen LogP) is 4.15. The van der Waals surface area contributed by atoms with Crippen molar-refractivity contribution >= 4 is 6.09 Å². The van der Waals surface area contributed by atoms with Gasteiger partial charge in [0.1, 0.15) is 5.60 Å². The van der Waals surface area contributed by atoms with E-state index in [1.807, 2.05) is 33.8 Å². The molecule has 1 saturated carbocycles. The van der Waals surface area contributed by atoms with E-state index in [0.29, 0.717) is 0 Å². The third-order valence-electron chi connectivity index (χ3n) is 3.19. The van der Waals surface area contributed by atoms with Gasteiger partial charge in [-0.25, -0.2) is 4.79 Å². The zero-order chi connectivity index (χ0) is 14.0. The molecule has 3 heteroatoms. The van der Waals surface area contributed by atoms with Gasteiger partial charge in [-0.3, -0.25) is 0 Å². The molecule has 1 aromatic carbocycles. The van der Waals surface area contributed by atoms with Crippen LogP contribution in [0.5, 0.6) is 0 Å². The van der Waals surface area contributed by atoms with Gasteiger partial charge in [0.2, 0.25) is 0 Å². The van der Waals surface area contributed by atoms with Crippen LogP contribution >= 0.6 is 0 Å². The van der Waals surface area contributed by atoms with E-state index in [-0.39, 0.29) is 12.1 Å².